The lowest BCUT2D eigenvalue weighted by molar-refractivity contribution is 0.0697. The topological polar surface area (TPSA) is 76.2 Å². The summed E-state index contributed by atoms with van der Waals surface area (Å²) in [5.41, 5.74) is 2.61. The number of hydrogen-bond acceptors (Lipinski definition) is 5. The zero-order valence-electron chi connectivity index (χ0n) is 17.1. The van der Waals surface area contributed by atoms with Crippen LogP contribution in [-0.4, -0.2) is 63.9 Å². The minimum absolute atomic E-state index is 0.0608. The third kappa shape index (κ3) is 4.23. The molecule has 1 amide bonds. The van der Waals surface area contributed by atoms with Crippen LogP contribution in [0.5, 0.6) is 11.5 Å². The monoisotopic (exact) mass is 418 g/mol. The summed E-state index contributed by atoms with van der Waals surface area (Å²) in [5, 5.41) is 0. The van der Waals surface area contributed by atoms with Crippen LogP contribution in [0.1, 0.15) is 21.5 Å². The summed E-state index contributed by atoms with van der Waals surface area (Å²) in [6, 6.07) is 10.3. The standard InChI is InChI=1S/C21H26N2O5S/c1-15-5-6-16(2)18(13-15)21(24)22-9-11-23(12-10-22)29(25,26)17-7-8-19(27-3)20(14-17)28-4/h5-8,13-14H,9-12H2,1-4H3. The van der Waals surface area contributed by atoms with Gasteiger partial charge in [-0.1, -0.05) is 17.7 Å². The molecule has 0 aromatic heterocycles. The minimum Gasteiger partial charge on any atom is -0.493 e. The molecule has 0 saturated carbocycles. The molecule has 3 rings (SSSR count). The zero-order chi connectivity index (χ0) is 21.2. The van der Waals surface area contributed by atoms with E-state index >= 15 is 0 Å². The summed E-state index contributed by atoms with van der Waals surface area (Å²) in [4.78, 5) is 14.7. The highest BCUT2D eigenvalue weighted by Crippen LogP contribution is 2.31. The van der Waals surface area contributed by atoms with E-state index in [0.717, 1.165) is 11.1 Å². The Hall–Kier alpha value is -2.58. The van der Waals surface area contributed by atoms with Crippen molar-refractivity contribution in [3.8, 4) is 11.5 Å². The van der Waals surface area contributed by atoms with Crippen LogP contribution < -0.4 is 9.47 Å². The maximum absolute atomic E-state index is 13.0. The smallest absolute Gasteiger partial charge is 0.254 e. The van der Waals surface area contributed by atoms with Crippen molar-refractivity contribution in [1.82, 2.24) is 9.21 Å². The average molecular weight is 419 g/mol. The van der Waals surface area contributed by atoms with Gasteiger partial charge in [-0.15, -0.1) is 0 Å². The van der Waals surface area contributed by atoms with E-state index in [0.29, 0.717) is 30.2 Å². The van der Waals surface area contributed by atoms with Gasteiger partial charge in [0.25, 0.3) is 5.91 Å². The minimum atomic E-state index is -3.69. The molecule has 1 fully saturated rings. The lowest BCUT2D eigenvalue weighted by Crippen LogP contribution is -2.50. The third-order valence-electron chi connectivity index (χ3n) is 5.14. The van der Waals surface area contributed by atoms with E-state index in [9.17, 15) is 13.2 Å². The van der Waals surface area contributed by atoms with E-state index in [2.05, 4.69) is 0 Å². The van der Waals surface area contributed by atoms with Crippen LogP contribution in [0.15, 0.2) is 41.3 Å². The molecular weight excluding hydrogens is 392 g/mol. The maximum atomic E-state index is 13.0. The van der Waals surface area contributed by atoms with Crippen molar-refractivity contribution in [3.63, 3.8) is 0 Å². The van der Waals surface area contributed by atoms with Crippen LogP contribution in [0.2, 0.25) is 0 Å². The Morgan fingerprint density at radius 1 is 0.897 bits per heavy atom. The van der Waals surface area contributed by atoms with Crippen molar-refractivity contribution in [2.24, 2.45) is 0 Å². The number of ether oxygens (including phenoxy) is 2. The lowest BCUT2D eigenvalue weighted by atomic mass is 10.0. The first-order valence-electron chi connectivity index (χ1n) is 9.36. The predicted octanol–water partition coefficient (Wildman–Crippen LogP) is 2.47. The highest BCUT2D eigenvalue weighted by molar-refractivity contribution is 7.89. The van der Waals surface area contributed by atoms with Crippen LogP contribution in [0, 0.1) is 13.8 Å². The Labute approximate surface area is 171 Å². The number of sulfonamides is 1. The third-order valence-corrected chi connectivity index (χ3v) is 7.04. The van der Waals surface area contributed by atoms with Crippen LogP contribution in [0.25, 0.3) is 0 Å². The van der Waals surface area contributed by atoms with E-state index in [4.69, 9.17) is 9.47 Å². The van der Waals surface area contributed by atoms with Gasteiger partial charge < -0.3 is 14.4 Å². The molecule has 0 spiro atoms. The fourth-order valence-electron chi connectivity index (χ4n) is 3.39. The van der Waals surface area contributed by atoms with Crippen molar-refractivity contribution >= 4 is 15.9 Å². The quantitative estimate of drug-likeness (QED) is 0.746. The Morgan fingerprint density at radius 2 is 1.55 bits per heavy atom. The van der Waals surface area contributed by atoms with Gasteiger partial charge in [0.2, 0.25) is 10.0 Å². The lowest BCUT2D eigenvalue weighted by Gasteiger charge is -2.34. The van der Waals surface area contributed by atoms with Crippen molar-refractivity contribution in [3.05, 3.63) is 53.1 Å². The fraction of sp³-hybridized carbons (Fsp3) is 0.381. The first-order chi connectivity index (χ1) is 13.8. The second-order valence-corrected chi connectivity index (χ2v) is 8.97. The summed E-state index contributed by atoms with van der Waals surface area (Å²) < 4.78 is 37.8. The number of carbonyl (C=O) groups excluding carboxylic acids is 1. The number of carbonyl (C=O) groups is 1. The molecule has 0 unspecified atom stereocenters. The summed E-state index contributed by atoms with van der Waals surface area (Å²) in [7, 11) is -0.726. The second-order valence-electron chi connectivity index (χ2n) is 7.03. The first kappa shape index (κ1) is 21.1. The molecule has 156 valence electrons. The Bertz CT molecular complexity index is 1010. The van der Waals surface area contributed by atoms with Crippen LogP contribution in [-0.2, 0) is 10.0 Å². The molecule has 1 aliphatic rings. The van der Waals surface area contributed by atoms with Gasteiger partial charge in [-0.3, -0.25) is 4.79 Å². The molecule has 2 aromatic rings. The summed E-state index contributed by atoms with van der Waals surface area (Å²) in [6.07, 6.45) is 0. The van der Waals surface area contributed by atoms with Gasteiger partial charge in [0.1, 0.15) is 0 Å². The van der Waals surface area contributed by atoms with Gasteiger partial charge in [-0.2, -0.15) is 4.31 Å². The van der Waals surface area contributed by atoms with Gasteiger partial charge in [-0.05, 0) is 37.6 Å². The first-order valence-corrected chi connectivity index (χ1v) is 10.8. The largest absolute Gasteiger partial charge is 0.493 e. The number of piperazine rings is 1. The van der Waals surface area contributed by atoms with Crippen molar-refractivity contribution < 1.29 is 22.7 Å². The molecule has 0 atom stereocenters. The van der Waals surface area contributed by atoms with Crippen LogP contribution in [0.4, 0.5) is 0 Å². The van der Waals surface area contributed by atoms with Gasteiger partial charge in [0, 0.05) is 37.8 Å². The van der Waals surface area contributed by atoms with Crippen molar-refractivity contribution in [1.29, 1.82) is 0 Å². The van der Waals surface area contributed by atoms with Gasteiger partial charge in [0.15, 0.2) is 11.5 Å². The molecule has 29 heavy (non-hydrogen) atoms. The van der Waals surface area contributed by atoms with Gasteiger partial charge in [0.05, 0.1) is 19.1 Å². The summed E-state index contributed by atoms with van der Waals surface area (Å²) in [6.45, 7) is 5.03. The Balaban J connectivity index is 1.74. The number of aryl methyl sites for hydroxylation is 2. The number of amides is 1. The fourth-order valence-corrected chi connectivity index (χ4v) is 4.83. The van der Waals surface area contributed by atoms with E-state index < -0.39 is 10.0 Å². The number of nitrogens with zero attached hydrogens (tertiary/aromatic N) is 2. The number of hydrogen-bond donors (Lipinski definition) is 0. The molecule has 2 aromatic carbocycles. The predicted molar refractivity (Wildman–Crippen MR) is 110 cm³/mol. The molecule has 0 bridgehead atoms. The number of methoxy groups -OCH3 is 2. The van der Waals surface area contributed by atoms with Gasteiger partial charge >= 0.3 is 0 Å². The average Bonchev–Trinajstić information content (AvgIpc) is 2.74. The van der Waals surface area contributed by atoms with Gasteiger partial charge in [-0.25, -0.2) is 8.42 Å². The molecule has 1 heterocycles. The highest BCUT2D eigenvalue weighted by atomic mass is 32.2. The van der Waals surface area contributed by atoms with Crippen molar-refractivity contribution in [2.45, 2.75) is 18.7 Å². The zero-order valence-corrected chi connectivity index (χ0v) is 18.0. The van der Waals surface area contributed by atoms with Crippen LogP contribution in [0.3, 0.4) is 0 Å². The molecule has 0 N–H and O–H groups in total. The van der Waals surface area contributed by atoms with E-state index in [1.165, 1.54) is 30.7 Å². The Kier molecular flexibility index (Phi) is 6.14. The summed E-state index contributed by atoms with van der Waals surface area (Å²) in [5.74, 6) is 0.766. The summed E-state index contributed by atoms with van der Waals surface area (Å²) >= 11 is 0. The van der Waals surface area contributed by atoms with Crippen molar-refractivity contribution in [2.75, 3.05) is 40.4 Å². The second kappa shape index (κ2) is 8.42. The molecule has 8 heteroatoms. The van der Waals surface area contributed by atoms with E-state index in [1.807, 2.05) is 32.0 Å². The van der Waals surface area contributed by atoms with E-state index in [-0.39, 0.29) is 23.9 Å². The molecule has 7 nitrogen and oxygen atoms in total. The van der Waals surface area contributed by atoms with E-state index in [1.54, 1.807) is 11.0 Å². The molecule has 1 saturated heterocycles. The normalized spacial score (nSPS) is 15.2. The molecule has 0 radical (unpaired) electrons. The number of rotatable bonds is 5. The molecule has 1 aliphatic heterocycles. The molecular formula is C21H26N2O5S. The Morgan fingerprint density at radius 3 is 2.17 bits per heavy atom. The highest BCUT2D eigenvalue weighted by Gasteiger charge is 2.31. The molecule has 0 aliphatic carbocycles. The maximum Gasteiger partial charge on any atom is 0.254 e. The SMILES string of the molecule is COc1ccc(S(=O)(=O)N2CCN(C(=O)c3cc(C)ccc3C)CC2)cc1OC. The van der Waals surface area contributed by atoms with Crippen LogP contribution >= 0.6 is 0 Å². The number of benzene rings is 2.